The van der Waals surface area contributed by atoms with E-state index in [1.807, 2.05) is 28.9 Å². The first-order valence-electron chi connectivity index (χ1n) is 9.71. The molecule has 2 atom stereocenters. The minimum Gasteiger partial charge on any atom is -0.475 e. The van der Waals surface area contributed by atoms with Crippen LogP contribution in [0.1, 0.15) is 35.4 Å². The van der Waals surface area contributed by atoms with Crippen LogP contribution < -0.4 is 4.90 Å². The molecule has 2 aromatic rings. The highest BCUT2D eigenvalue weighted by Gasteiger charge is 2.45. The standard InChI is InChI=1S/C18H19N5O2.C2HF3O2/c1-12-9-21-14(11-20-12)18(25)22-8-6-16-15(22)4-5-17(24)23(16)13-3-2-7-19-10-13;3-2(4,5)1(6)7/h2-3,7,9-11,15-16H,4-6,8H2,1H3;(H,6,7)/t15-,16-;/m0./s1. The Balaban J connectivity index is 0.000000360. The van der Waals surface area contributed by atoms with E-state index in [0.717, 1.165) is 17.8 Å². The van der Waals surface area contributed by atoms with Crippen molar-refractivity contribution >= 4 is 23.5 Å². The molecule has 12 heteroatoms. The Morgan fingerprint density at radius 1 is 1.12 bits per heavy atom. The van der Waals surface area contributed by atoms with E-state index in [-0.39, 0.29) is 23.9 Å². The molecule has 9 nitrogen and oxygen atoms in total. The Morgan fingerprint density at radius 2 is 1.84 bits per heavy atom. The largest absolute Gasteiger partial charge is 0.490 e. The molecule has 0 radical (unpaired) electrons. The molecule has 2 aliphatic heterocycles. The zero-order chi connectivity index (χ0) is 23.5. The molecule has 4 heterocycles. The lowest BCUT2D eigenvalue weighted by Gasteiger charge is -2.39. The third kappa shape index (κ3) is 5.01. The summed E-state index contributed by atoms with van der Waals surface area (Å²) in [6.45, 7) is 2.46. The number of carbonyl (C=O) groups is 3. The molecule has 0 aromatic carbocycles. The van der Waals surface area contributed by atoms with E-state index < -0.39 is 12.1 Å². The molecule has 2 aliphatic rings. The lowest BCUT2D eigenvalue weighted by Crippen LogP contribution is -2.53. The van der Waals surface area contributed by atoms with Crippen molar-refractivity contribution in [1.29, 1.82) is 0 Å². The van der Waals surface area contributed by atoms with Gasteiger partial charge < -0.3 is 14.9 Å². The maximum Gasteiger partial charge on any atom is 0.490 e. The van der Waals surface area contributed by atoms with Crippen LogP contribution in [0.4, 0.5) is 18.9 Å². The minimum atomic E-state index is -5.08. The van der Waals surface area contributed by atoms with E-state index in [0.29, 0.717) is 25.1 Å². The number of pyridine rings is 1. The van der Waals surface area contributed by atoms with E-state index in [1.54, 1.807) is 18.6 Å². The van der Waals surface area contributed by atoms with E-state index in [4.69, 9.17) is 9.90 Å². The van der Waals surface area contributed by atoms with Crippen molar-refractivity contribution in [3.8, 4) is 0 Å². The number of nitrogens with zero attached hydrogens (tertiary/aromatic N) is 5. The predicted octanol–water partition coefficient (Wildman–Crippen LogP) is 2.22. The molecule has 2 fully saturated rings. The van der Waals surface area contributed by atoms with Gasteiger partial charge in [-0.05, 0) is 31.9 Å². The number of piperidine rings is 1. The summed E-state index contributed by atoms with van der Waals surface area (Å²) in [5.41, 5.74) is 1.93. The Bertz CT molecular complexity index is 985. The van der Waals surface area contributed by atoms with Gasteiger partial charge in [0.25, 0.3) is 5.91 Å². The fourth-order valence-electron chi connectivity index (χ4n) is 3.80. The monoisotopic (exact) mass is 451 g/mol. The molecule has 0 unspecified atom stereocenters. The number of aromatic nitrogens is 3. The first-order chi connectivity index (χ1) is 15.1. The average molecular weight is 451 g/mol. The molecule has 0 saturated carbocycles. The SMILES string of the molecule is Cc1cnc(C(=O)N2CC[C@H]3[C@@H]2CCC(=O)N3c2cccnc2)cn1.O=C(O)C(F)(F)F. The molecular weight excluding hydrogens is 431 g/mol. The highest BCUT2D eigenvalue weighted by atomic mass is 19.4. The number of aliphatic carboxylic acids is 1. The first kappa shape index (κ1) is 23.1. The summed E-state index contributed by atoms with van der Waals surface area (Å²) in [6, 6.07) is 3.72. The number of aryl methyl sites for hydroxylation is 1. The molecule has 2 saturated heterocycles. The summed E-state index contributed by atoms with van der Waals surface area (Å²) in [4.78, 5) is 50.4. The van der Waals surface area contributed by atoms with Crippen LogP contribution in [0.3, 0.4) is 0 Å². The van der Waals surface area contributed by atoms with Crippen molar-refractivity contribution in [1.82, 2.24) is 19.9 Å². The predicted molar refractivity (Wildman–Crippen MR) is 105 cm³/mol. The number of hydrogen-bond acceptors (Lipinski definition) is 6. The third-order valence-corrected chi connectivity index (χ3v) is 5.19. The quantitative estimate of drug-likeness (QED) is 0.744. The topological polar surface area (TPSA) is 117 Å². The van der Waals surface area contributed by atoms with Gasteiger partial charge in [-0.1, -0.05) is 0 Å². The summed E-state index contributed by atoms with van der Waals surface area (Å²) in [6.07, 6.45) is 3.32. The molecule has 0 spiro atoms. The second kappa shape index (κ2) is 9.28. The highest BCUT2D eigenvalue weighted by molar-refractivity contribution is 5.96. The number of amides is 2. The Morgan fingerprint density at radius 3 is 2.41 bits per heavy atom. The number of rotatable bonds is 2. The summed E-state index contributed by atoms with van der Waals surface area (Å²) >= 11 is 0. The molecule has 4 rings (SSSR count). The van der Waals surface area contributed by atoms with Crippen molar-refractivity contribution < 1.29 is 32.7 Å². The van der Waals surface area contributed by atoms with Crippen LogP contribution in [0.5, 0.6) is 0 Å². The number of alkyl halides is 3. The Kier molecular flexibility index (Phi) is 6.70. The molecular formula is C20H20F3N5O4. The number of hydrogen-bond donors (Lipinski definition) is 1. The van der Waals surface area contributed by atoms with E-state index in [9.17, 15) is 22.8 Å². The van der Waals surface area contributed by atoms with Crippen LogP contribution in [0, 0.1) is 6.92 Å². The van der Waals surface area contributed by atoms with Gasteiger partial charge in [-0.3, -0.25) is 19.6 Å². The smallest absolute Gasteiger partial charge is 0.475 e. The molecule has 2 amide bonds. The normalized spacial score (nSPS) is 20.3. The van der Waals surface area contributed by atoms with Crippen molar-refractivity contribution in [2.24, 2.45) is 0 Å². The molecule has 170 valence electrons. The lowest BCUT2D eigenvalue weighted by molar-refractivity contribution is -0.192. The van der Waals surface area contributed by atoms with E-state index in [2.05, 4.69) is 15.0 Å². The Hall–Kier alpha value is -3.57. The summed E-state index contributed by atoms with van der Waals surface area (Å²) in [5, 5.41) is 7.12. The second-order valence-electron chi connectivity index (χ2n) is 7.28. The number of likely N-dealkylation sites (tertiary alicyclic amines) is 1. The molecule has 0 aliphatic carbocycles. The second-order valence-corrected chi connectivity index (χ2v) is 7.28. The van der Waals surface area contributed by atoms with Gasteiger partial charge in [-0.25, -0.2) is 9.78 Å². The summed E-state index contributed by atoms with van der Waals surface area (Å²) < 4.78 is 31.7. The zero-order valence-electron chi connectivity index (χ0n) is 17.0. The van der Waals surface area contributed by atoms with Crippen LogP contribution in [-0.4, -0.2) is 67.5 Å². The van der Waals surface area contributed by atoms with Gasteiger partial charge in [0.05, 0.1) is 35.9 Å². The zero-order valence-corrected chi connectivity index (χ0v) is 17.0. The number of carbonyl (C=O) groups excluding carboxylic acids is 2. The van der Waals surface area contributed by atoms with Gasteiger partial charge in [-0.15, -0.1) is 0 Å². The van der Waals surface area contributed by atoms with E-state index >= 15 is 0 Å². The van der Waals surface area contributed by atoms with Crippen LogP contribution in [0.15, 0.2) is 36.9 Å². The first-order valence-corrected chi connectivity index (χ1v) is 9.71. The van der Waals surface area contributed by atoms with Gasteiger partial charge in [0, 0.05) is 25.4 Å². The van der Waals surface area contributed by atoms with Gasteiger partial charge in [-0.2, -0.15) is 13.2 Å². The highest BCUT2D eigenvalue weighted by Crippen LogP contribution is 2.35. The average Bonchev–Trinajstić information content (AvgIpc) is 3.18. The number of anilines is 1. The number of fused-ring (bicyclic) bond motifs is 1. The van der Waals surface area contributed by atoms with Crippen molar-refractivity contribution in [3.63, 3.8) is 0 Å². The Labute approximate surface area is 180 Å². The fourth-order valence-corrected chi connectivity index (χ4v) is 3.80. The van der Waals surface area contributed by atoms with Crippen molar-refractivity contribution in [2.75, 3.05) is 11.4 Å². The molecule has 0 bridgehead atoms. The maximum absolute atomic E-state index is 12.8. The van der Waals surface area contributed by atoms with Crippen LogP contribution in [0.25, 0.3) is 0 Å². The van der Waals surface area contributed by atoms with Crippen molar-refractivity contribution in [3.05, 3.63) is 48.3 Å². The van der Waals surface area contributed by atoms with Crippen LogP contribution in [-0.2, 0) is 9.59 Å². The fraction of sp³-hybridized carbons (Fsp3) is 0.400. The minimum absolute atomic E-state index is 0.00666. The molecule has 2 aromatic heterocycles. The number of carboxylic acids is 1. The van der Waals surface area contributed by atoms with Crippen LogP contribution in [0.2, 0.25) is 0 Å². The van der Waals surface area contributed by atoms with Gasteiger partial charge in [0.1, 0.15) is 5.69 Å². The van der Waals surface area contributed by atoms with Gasteiger partial charge >= 0.3 is 12.1 Å². The van der Waals surface area contributed by atoms with E-state index in [1.165, 1.54) is 6.20 Å². The van der Waals surface area contributed by atoms with Gasteiger partial charge in [0.15, 0.2) is 0 Å². The van der Waals surface area contributed by atoms with Gasteiger partial charge in [0.2, 0.25) is 5.91 Å². The van der Waals surface area contributed by atoms with Crippen LogP contribution >= 0.6 is 0 Å². The lowest BCUT2D eigenvalue weighted by atomic mass is 9.95. The summed E-state index contributed by atoms with van der Waals surface area (Å²) in [5.74, 6) is -2.77. The number of carboxylic acid groups (broad SMARTS) is 1. The van der Waals surface area contributed by atoms with Crippen molar-refractivity contribution in [2.45, 2.75) is 44.4 Å². The molecule has 1 N–H and O–H groups in total. The third-order valence-electron chi connectivity index (χ3n) is 5.19. The summed E-state index contributed by atoms with van der Waals surface area (Å²) in [7, 11) is 0. The molecule has 32 heavy (non-hydrogen) atoms. The maximum atomic E-state index is 12.8. The number of halogens is 3.